The Bertz CT molecular complexity index is 1040. The minimum absolute atomic E-state index is 0.210. The summed E-state index contributed by atoms with van der Waals surface area (Å²) in [7, 11) is 1.75. The highest BCUT2D eigenvalue weighted by Gasteiger charge is 2.13. The van der Waals surface area contributed by atoms with Crippen molar-refractivity contribution in [2.45, 2.75) is 6.92 Å². The summed E-state index contributed by atoms with van der Waals surface area (Å²) < 4.78 is 7.35. The first-order valence-electron chi connectivity index (χ1n) is 7.88. The molecular formula is C19H16N4O2. The molecule has 0 aliphatic heterocycles. The van der Waals surface area contributed by atoms with Gasteiger partial charge in [0, 0.05) is 18.3 Å². The molecule has 2 heterocycles. The van der Waals surface area contributed by atoms with Gasteiger partial charge in [-0.15, -0.1) is 0 Å². The largest absolute Gasteiger partial charge is 0.436 e. The lowest BCUT2D eigenvalue weighted by atomic mass is 10.2. The maximum atomic E-state index is 12.4. The average molecular weight is 332 g/mol. The molecule has 1 N–H and O–H groups in total. The highest BCUT2D eigenvalue weighted by Crippen LogP contribution is 2.26. The van der Waals surface area contributed by atoms with Crippen LogP contribution in [-0.4, -0.2) is 20.7 Å². The van der Waals surface area contributed by atoms with Crippen LogP contribution in [0.1, 0.15) is 16.2 Å². The Morgan fingerprint density at radius 1 is 1.12 bits per heavy atom. The van der Waals surface area contributed by atoms with Crippen molar-refractivity contribution in [3.8, 4) is 11.5 Å². The lowest BCUT2D eigenvalue weighted by molar-refractivity contribution is 0.101. The van der Waals surface area contributed by atoms with Crippen molar-refractivity contribution in [2.75, 3.05) is 5.32 Å². The van der Waals surface area contributed by atoms with E-state index in [1.807, 2.05) is 55.5 Å². The third-order valence-electron chi connectivity index (χ3n) is 3.90. The lowest BCUT2D eigenvalue weighted by Crippen LogP contribution is -2.16. The van der Waals surface area contributed by atoms with Gasteiger partial charge in [-0.2, -0.15) is 5.10 Å². The fraction of sp³-hybridized carbons (Fsp3) is 0.105. The molecule has 0 aliphatic rings. The van der Waals surface area contributed by atoms with Crippen molar-refractivity contribution in [3.05, 3.63) is 66.0 Å². The maximum Gasteiger partial charge on any atom is 0.273 e. The highest BCUT2D eigenvalue weighted by atomic mass is 16.3. The minimum Gasteiger partial charge on any atom is -0.436 e. The number of carbonyl (C=O) groups is 1. The van der Waals surface area contributed by atoms with E-state index in [2.05, 4.69) is 15.4 Å². The van der Waals surface area contributed by atoms with Gasteiger partial charge in [0.1, 0.15) is 11.2 Å². The van der Waals surface area contributed by atoms with Gasteiger partial charge in [-0.25, -0.2) is 4.98 Å². The van der Waals surface area contributed by atoms with Gasteiger partial charge < -0.3 is 9.73 Å². The number of para-hydroxylation sites is 2. The van der Waals surface area contributed by atoms with Gasteiger partial charge in [-0.05, 0) is 43.3 Å². The van der Waals surface area contributed by atoms with Crippen LogP contribution in [0.2, 0.25) is 0 Å². The van der Waals surface area contributed by atoms with E-state index in [1.165, 1.54) is 0 Å². The summed E-state index contributed by atoms with van der Waals surface area (Å²) in [6, 6.07) is 16.8. The first-order valence-corrected chi connectivity index (χ1v) is 7.88. The van der Waals surface area contributed by atoms with Crippen LogP contribution >= 0.6 is 0 Å². The molecule has 0 atom stereocenters. The summed E-state index contributed by atoms with van der Waals surface area (Å²) in [5, 5.41) is 7.08. The van der Waals surface area contributed by atoms with Gasteiger partial charge in [0.2, 0.25) is 5.89 Å². The molecule has 2 aromatic carbocycles. The average Bonchev–Trinajstić information content (AvgIpc) is 3.18. The number of carbonyl (C=O) groups excluding carboxylic acids is 1. The maximum absolute atomic E-state index is 12.4. The summed E-state index contributed by atoms with van der Waals surface area (Å²) in [6.07, 6.45) is 0. The highest BCUT2D eigenvalue weighted by molar-refractivity contribution is 6.03. The first-order chi connectivity index (χ1) is 12.1. The second-order valence-electron chi connectivity index (χ2n) is 5.82. The Balaban J connectivity index is 1.63. The van der Waals surface area contributed by atoms with Crippen LogP contribution in [0.3, 0.4) is 0 Å². The molecule has 0 bridgehead atoms. The Labute approximate surface area is 144 Å². The Hall–Kier alpha value is -3.41. The van der Waals surface area contributed by atoms with Crippen LogP contribution in [0.15, 0.2) is 59.0 Å². The molecule has 1 amide bonds. The predicted octanol–water partition coefficient (Wildman–Crippen LogP) is 3.79. The van der Waals surface area contributed by atoms with E-state index in [0.717, 1.165) is 22.4 Å². The topological polar surface area (TPSA) is 73.0 Å². The third kappa shape index (κ3) is 2.89. The number of nitrogens with one attached hydrogen (secondary N) is 1. The summed E-state index contributed by atoms with van der Waals surface area (Å²) in [5.41, 5.74) is 4.31. The summed E-state index contributed by atoms with van der Waals surface area (Å²) >= 11 is 0. The number of oxazole rings is 1. The predicted molar refractivity (Wildman–Crippen MR) is 95.3 cm³/mol. The molecule has 0 radical (unpaired) electrons. The zero-order valence-corrected chi connectivity index (χ0v) is 13.9. The van der Waals surface area contributed by atoms with E-state index in [9.17, 15) is 4.79 Å². The SMILES string of the molecule is Cc1cc(C(=O)Nc2cccc(-c3nc4ccccc4o3)c2)n(C)n1. The number of anilines is 1. The zero-order valence-electron chi connectivity index (χ0n) is 13.9. The number of aromatic nitrogens is 3. The van der Waals surface area contributed by atoms with Crippen LogP contribution in [0.25, 0.3) is 22.6 Å². The molecule has 0 saturated carbocycles. The van der Waals surface area contributed by atoms with Crippen molar-refractivity contribution in [1.29, 1.82) is 0 Å². The summed E-state index contributed by atoms with van der Waals surface area (Å²) in [4.78, 5) is 16.9. The lowest BCUT2D eigenvalue weighted by Gasteiger charge is -2.06. The molecule has 6 heteroatoms. The zero-order chi connectivity index (χ0) is 17.4. The Morgan fingerprint density at radius 2 is 1.96 bits per heavy atom. The van der Waals surface area contributed by atoms with Crippen LogP contribution < -0.4 is 5.32 Å². The second kappa shape index (κ2) is 5.90. The quantitative estimate of drug-likeness (QED) is 0.619. The van der Waals surface area contributed by atoms with Crippen LogP contribution in [0.5, 0.6) is 0 Å². The number of aryl methyl sites for hydroxylation is 2. The second-order valence-corrected chi connectivity index (χ2v) is 5.82. The summed E-state index contributed by atoms with van der Waals surface area (Å²) in [5.74, 6) is 0.312. The van der Waals surface area contributed by atoms with E-state index in [-0.39, 0.29) is 5.91 Å². The number of hydrogen-bond donors (Lipinski definition) is 1. The monoisotopic (exact) mass is 332 g/mol. The van der Waals surface area contributed by atoms with Crippen LogP contribution in [-0.2, 0) is 7.05 Å². The molecule has 0 saturated heterocycles. The Morgan fingerprint density at radius 3 is 2.72 bits per heavy atom. The summed E-state index contributed by atoms with van der Waals surface area (Å²) in [6.45, 7) is 1.85. The van der Waals surface area contributed by atoms with Gasteiger partial charge in [-0.3, -0.25) is 9.48 Å². The molecule has 0 aliphatic carbocycles. The Kier molecular flexibility index (Phi) is 3.57. The van der Waals surface area contributed by atoms with Gasteiger partial charge in [-0.1, -0.05) is 18.2 Å². The van der Waals surface area contributed by atoms with E-state index < -0.39 is 0 Å². The smallest absolute Gasteiger partial charge is 0.273 e. The molecule has 0 unspecified atom stereocenters. The van der Waals surface area contributed by atoms with Crippen molar-refractivity contribution in [3.63, 3.8) is 0 Å². The first kappa shape index (κ1) is 15.1. The van der Waals surface area contributed by atoms with E-state index in [0.29, 0.717) is 17.3 Å². The molecule has 0 spiro atoms. The van der Waals surface area contributed by atoms with E-state index in [4.69, 9.17) is 4.42 Å². The van der Waals surface area contributed by atoms with Crippen LogP contribution in [0, 0.1) is 6.92 Å². The number of fused-ring (bicyclic) bond motifs is 1. The van der Waals surface area contributed by atoms with Crippen molar-refractivity contribution < 1.29 is 9.21 Å². The minimum atomic E-state index is -0.210. The van der Waals surface area contributed by atoms with Gasteiger partial charge in [0.05, 0.1) is 5.69 Å². The number of benzene rings is 2. The molecule has 0 fully saturated rings. The van der Waals surface area contributed by atoms with Crippen molar-refractivity contribution in [1.82, 2.24) is 14.8 Å². The van der Waals surface area contributed by atoms with E-state index in [1.54, 1.807) is 17.8 Å². The molecule has 4 aromatic rings. The number of nitrogens with zero attached hydrogens (tertiary/aromatic N) is 3. The standard InChI is InChI=1S/C19H16N4O2/c1-12-10-16(23(2)22-12)18(24)20-14-7-5-6-13(11-14)19-21-15-8-3-4-9-17(15)25-19/h3-11H,1-2H3,(H,20,24). The molecule has 6 nitrogen and oxygen atoms in total. The van der Waals surface area contributed by atoms with Gasteiger partial charge in [0.15, 0.2) is 5.58 Å². The van der Waals surface area contributed by atoms with Crippen molar-refractivity contribution >= 4 is 22.7 Å². The normalized spacial score (nSPS) is 11.0. The number of amides is 1. The molecule has 25 heavy (non-hydrogen) atoms. The fourth-order valence-electron chi connectivity index (χ4n) is 2.74. The number of hydrogen-bond acceptors (Lipinski definition) is 4. The van der Waals surface area contributed by atoms with Crippen molar-refractivity contribution in [2.24, 2.45) is 7.05 Å². The molecule has 4 rings (SSSR count). The van der Waals surface area contributed by atoms with Crippen LogP contribution in [0.4, 0.5) is 5.69 Å². The third-order valence-corrected chi connectivity index (χ3v) is 3.90. The molecule has 124 valence electrons. The number of rotatable bonds is 3. The van der Waals surface area contributed by atoms with E-state index >= 15 is 0 Å². The molecule has 2 aromatic heterocycles. The van der Waals surface area contributed by atoms with Gasteiger partial charge in [0.25, 0.3) is 5.91 Å². The molecular weight excluding hydrogens is 316 g/mol. The van der Waals surface area contributed by atoms with Gasteiger partial charge >= 0.3 is 0 Å². The fourth-order valence-corrected chi connectivity index (χ4v) is 2.74.